The van der Waals surface area contributed by atoms with Crippen LogP contribution in [-0.4, -0.2) is 53.6 Å². The number of fused-ring (bicyclic) bond motifs is 24. The first-order chi connectivity index (χ1) is 71.5. The summed E-state index contributed by atoms with van der Waals surface area (Å²) in [6.45, 7) is 0. The topological polar surface area (TPSA) is 128 Å². The van der Waals surface area contributed by atoms with Gasteiger partial charge < -0.3 is 23.8 Å². The maximum Gasteiger partial charge on any atom is 0.238 e. The Labute approximate surface area is 830 Å². The van der Waals surface area contributed by atoms with E-state index < -0.39 is 0 Å². The van der Waals surface area contributed by atoms with E-state index in [-0.39, 0.29) is 0 Å². The van der Waals surface area contributed by atoms with Crippen molar-refractivity contribution in [2.75, 3.05) is 14.7 Å². The van der Waals surface area contributed by atoms with Crippen molar-refractivity contribution in [1.29, 1.82) is 0 Å². The van der Waals surface area contributed by atoms with E-state index in [0.29, 0.717) is 17.6 Å². The Hall–Kier alpha value is -19.7. The predicted molar refractivity (Wildman–Crippen MR) is 589 cm³/mol. The van der Waals surface area contributed by atoms with Gasteiger partial charge in [0.15, 0.2) is 11.6 Å². The van der Waals surface area contributed by atoms with Crippen LogP contribution in [0.2, 0.25) is 0 Å². The standard InChI is InChI=1S/C46H30N4.C44H28N4.C40H26N6/c1-3-13-31(14-4-1)33-27-34(45-37-18-8-7-15-32(37)23-26-48-45)29-36(28-33)49-41-21-11-9-19-38(41)44-39-20-10-12-22-42(39)50(35-16-5-2-6-17-35)46(44)40-30-47-25-24-43(40)49;1-2-12-31-26-34(21-20-29(31)10-1)47-40-19-8-6-17-37(40)44-42(38-28-45-24-23-41(38)47)36-16-5-7-18-39(36)48(44)33-14-9-13-32(27-33)43-35-15-4-3-11-30(35)22-25-46-43;1-4-15-27(16-5-1)38-42-39(28-17-6-2-7-18-28)44-40(43-38)46-34-25-14-26-41-36(34)35-30-21-10-12-23-32(30)45(29-19-8-3-9-20-29)33-24-13-11-22-31(33)37(35)46/h1-30H;1-28H;1-26H. The lowest BCUT2D eigenvalue weighted by Gasteiger charge is -2.28. The number of benzene rings is 17. The van der Waals surface area contributed by atoms with Gasteiger partial charge in [-0.05, 0) is 172 Å². The number of anilines is 9. The van der Waals surface area contributed by atoms with Gasteiger partial charge in [-0.1, -0.05) is 328 Å². The Morgan fingerprint density at radius 1 is 0.188 bits per heavy atom. The van der Waals surface area contributed by atoms with E-state index in [1.165, 1.54) is 49.0 Å². The summed E-state index contributed by atoms with van der Waals surface area (Å²) < 4.78 is 7.00. The fourth-order valence-electron chi connectivity index (χ4n) is 21.7. The van der Waals surface area contributed by atoms with Crippen molar-refractivity contribution in [3.05, 3.63) is 510 Å². The molecule has 29 rings (SSSR count). The normalized spacial score (nSPS) is 12.0. The number of hydrogen-bond acceptors (Lipinski definition) is 11. The van der Waals surface area contributed by atoms with Crippen molar-refractivity contribution in [1.82, 2.24) is 53.6 Å². The lowest BCUT2D eigenvalue weighted by atomic mass is 9.97. The summed E-state index contributed by atoms with van der Waals surface area (Å²) in [6.07, 6.45) is 13.5. The number of hydrogen-bond donors (Lipinski definition) is 0. The molecule has 14 nitrogen and oxygen atoms in total. The van der Waals surface area contributed by atoms with Crippen molar-refractivity contribution in [2.45, 2.75) is 0 Å². The smallest absolute Gasteiger partial charge is 0.238 e. The van der Waals surface area contributed by atoms with E-state index in [9.17, 15) is 0 Å². The number of pyridine rings is 5. The Morgan fingerprint density at radius 2 is 0.597 bits per heavy atom. The molecule has 0 amide bonds. The molecule has 0 fully saturated rings. The molecule has 3 aliphatic rings. The van der Waals surface area contributed by atoms with Gasteiger partial charge in [0, 0.05) is 166 Å². The molecule has 0 N–H and O–H groups in total. The maximum absolute atomic E-state index is 5.17. The molecule has 0 radical (unpaired) electrons. The number of rotatable bonds is 11. The molecule has 0 saturated carbocycles. The third-order valence-electron chi connectivity index (χ3n) is 27.9. The highest BCUT2D eigenvalue weighted by Crippen LogP contribution is 2.59. The van der Waals surface area contributed by atoms with Crippen LogP contribution in [0.4, 0.5) is 51.2 Å². The molecular weight excluding hydrogens is 1760 g/mol. The summed E-state index contributed by atoms with van der Waals surface area (Å²) in [4.78, 5) is 46.8. The average Bonchev–Trinajstić information content (AvgIpc) is 1.56. The molecule has 674 valence electrons. The Kier molecular flexibility index (Phi) is 20.6. The Morgan fingerprint density at radius 3 is 1.21 bits per heavy atom. The van der Waals surface area contributed by atoms with Crippen LogP contribution in [0.3, 0.4) is 0 Å². The van der Waals surface area contributed by atoms with Gasteiger partial charge in [0.1, 0.15) is 0 Å². The van der Waals surface area contributed by atoms with E-state index in [1.807, 2.05) is 110 Å². The predicted octanol–water partition coefficient (Wildman–Crippen LogP) is 33.2. The maximum atomic E-state index is 5.17. The molecule has 0 unspecified atom stereocenters. The van der Waals surface area contributed by atoms with Crippen LogP contribution in [0.5, 0.6) is 0 Å². The minimum Gasteiger partial charge on any atom is -0.309 e. The van der Waals surface area contributed by atoms with Crippen LogP contribution in [0.15, 0.2) is 510 Å². The van der Waals surface area contributed by atoms with E-state index in [1.54, 1.807) is 0 Å². The summed E-state index contributed by atoms with van der Waals surface area (Å²) in [5.74, 6) is 1.75. The molecule has 0 atom stereocenters. The highest BCUT2D eigenvalue weighted by Gasteiger charge is 2.38. The molecule has 144 heavy (non-hydrogen) atoms. The lowest BCUT2D eigenvalue weighted by Crippen LogP contribution is -2.12. The largest absolute Gasteiger partial charge is 0.309 e. The van der Waals surface area contributed by atoms with Gasteiger partial charge in [-0.3, -0.25) is 29.5 Å². The Bertz CT molecular complexity index is 9440. The minimum absolute atomic E-state index is 0.535. The van der Waals surface area contributed by atoms with Crippen LogP contribution in [0.25, 0.3) is 206 Å². The number of aromatic nitrogens is 11. The van der Waals surface area contributed by atoms with Crippen LogP contribution in [0, 0.1) is 0 Å². The van der Waals surface area contributed by atoms with Gasteiger partial charge in [-0.2, -0.15) is 9.97 Å². The second kappa shape index (κ2) is 35.4. The summed E-state index contributed by atoms with van der Waals surface area (Å²) in [6, 6.07) is 165. The fourth-order valence-corrected chi connectivity index (χ4v) is 21.7. The highest BCUT2D eigenvalue weighted by molar-refractivity contribution is 6.17. The van der Waals surface area contributed by atoms with Gasteiger partial charge in [0.05, 0.1) is 84.7 Å². The molecule has 3 aliphatic heterocycles. The van der Waals surface area contributed by atoms with Gasteiger partial charge in [0.25, 0.3) is 0 Å². The van der Waals surface area contributed by atoms with Crippen molar-refractivity contribution in [3.63, 3.8) is 0 Å². The number of para-hydroxylation sites is 8. The van der Waals surface area contributed by atoms with Crippen LogP contribution < -0.4 is 14.7 Å². The molecule has 26 aromatic rings. The van der Waals surface area contributed by atoms with Gasteiger partial charge in [0.2, 0.25) is 5.95 Å². The molecule has 14 heteroatoms. The van der Waals surface area contributed by atoms with Crippen molar-refractivity contribution in [2.24, 2.45) is 0 Å². The third-order valence-corrected chi connectivity index (χ3v) is 27.9. The summed E-state index contributed by atoms with van der Waals surface area (Å²) in [5, 5.41) is 9.44. The highest BCUT2D eigenvalue weighted by atomic mass is 15.2. The zero-order valence-electron chi connectivity index (χ0n) is 77.8. The molecule has 0 spiro atoms. The van der Waals surface area contributed by atoms with E-state index in [0.717, 1.165) is 191 Å². The SMILES string of the molecule is c1cc(-c2nccc3ccccc23)cc(-n2c3c(c4ccccc42)-c2cnccc2N(c2ccc4ccccc4c2)c2ccccc2-3)c1.c1ccc(-c2cc(-c3nccc4ccccc34)cc(N3c4ccccc4-c4c(n(-c5ccccc5)c5ccccc45)-c4cnccc43)c2)cc1.c1ccc(-c2nc(-c3ccccc3)nc(-n3c4c(c5ncccc53)-c3ccccc3N(c3ccccc3)c3ccccc3-4)n2)cc1. The zero-order valence-corrected chi connectivity index (χ0v) is 77.8. The first-order valence-electron chi connectivity index (χ1n) is 48.4. The van der Waals surface area contributed by atoms with Crippen LogP contribution in [0.1, 0.15) is 0 Å². The van der Waals surface area contributed by atoms with Crippen molar-refractivity contribution in [3.8, 4) is 141 Å². The molecular formula is C130H84N14. The average molecular weight is 1840 g/mol. The summed E-state index contributed by atoms with van der Waals surface area (Å²) >= 11 is 0. The van der Waals surface area contributed by atoms with Gasteiger partial charge >= 0.3 is 0 Å². The second-order valence-corrected chi connectivity index (χ2v) is 36.1. The molecule has 17 aromatic carbocycles. The molecule has 9 aromatic heterocycles. The van der Waals surface area contributed by atoms with Gasteiger partial charge in [-0.15, -0.1) is 0 Å². The molecule has 0 saturated heterocycles. The van der Waals surface area contributed by atoms with Crippen molar-refractivity contribution < 1.29 is 0 Å². The van der Waals surface area contributed by atoms with E-state index in [2.05, 4.69) is 429 Å². The molecule has 0 aliphatic carbocycles. The first-order valence-corrected chi connectivity index (χ1v) is 48.4. The molecule has 12 heterocycles. The molecule has 0 bridgehead atoms. The summed E-state index contributed by atoms with van der Waals surface area (Å²) in [7, 11) is 0. The summed E-state index contributed by atoms with van der Waals surface area (Å²) in [5.41, 5.74) is 37.6. The quantitative estimate of drug-likeness (QED) is 0.123. The van der Waals surface area contributed by atoms with Crippen molar-refractivity contribution >= 4 is 116 Å². The Balaban J connectivity index is 0.000000108. The van der Waals surface area contributed by atoms with Gasteiger partial charge in [-0.25, -0.2) is 4.98 Å². The number of nitrogens with zero attached hydrogens (tertiary/aromatic N) is 14. The lowest BCUT2D eigenvalue weighted by molar-refractivity contribution is 0.938. The third kappa shape index (κ3) is 14.3. The fraction of sp³-hybridized carbons (Fsp3) is 0. The van der Waals surface area contributed by atoms with Crippen LogP contribution in [-0.2, 0) is 0 Å². The first kappa shape index (κ1) is 83.7. The van der Waals surface area contributed by atoms with E-state index in [4.69, 9.17) is 39.9 Å². The monoisotopic (exact) mass is 1840 g/mol. The second-order valence-electron chi connectivity index (χ2n) is 36.1. The van der Waals surface area contributed by atoms with E-state index >= 15 is 0 Å². The zero-order chi connectivity index (χ0) is 95.1. The van der Waals surface area contributed by atoms with Crippen LogP contribution >= 0.6 is 0 Å². The minimum atomic E-state index is 0.535.